The highest BCUT2D eigenvalue weighted by Crippen LogP contribution is 2.29. The van der Waals surface area contributed by atoms with Crippen LogP contribution in [0.25, 0.3) is 0 Å². The van der Waals surface area contributed by atoms with Crippen molar-refractivity contribution in [2.45, 2.75) is 13.8 Å². The minimum absolute atomic E-state index is 0.0493. The first kappa shape index (κ1) is 20.0. The minimum Gasteiger partial charge on any atom is -0.497 e. The standard InChI is InChI=1S/C22H29N3O3/c1-16-6-5-7-20(17(16)2)25-12-10-24(11-13-25)15-22(26)23-19-14-18(27-3)8-9-21(19)28-4/h5-9,14H,10-13,15H2,1-4H3,(H,23,26). The van der Waals surface area contributed by atoms with Crippen molar-refractivity contribution in [1.82, 2.24) is 4.90 Å². The molecule has 1 saturated heterocycles. The third-order valence-electron chi connectivity index (χ3n) is 5.34. The van der Waals surface area contributed by atoms with E-state index in [0.29, 0.717) is 23.7 Å². The van der Waals surface area contributed by atoms with Crippen molar-refractivity contribution in [1.29, 1.82) is 0 Å². The highest BCUT2D eigenvalue weighted by molar-refractivity contribution is 5.94. The molecule has 0 atom stereocenters. The minimum atomic E-state index is -0.0493. The van der Waals surface area contributed by atoms with Crippen LogP contribution in [0.5, 0.6) is 11.5 Å². The van der Waals surface area contributed by atoms with E-state index < -0.39 is 0 Å². The van der Waals surface area contributed by atoms with Crippen LogP contribution in [-0.2, 0) is 4.79 Å². The molecule has 0 spiro atoms. The maximum Gasteiger partial charge on any atom is 0.238 e. The highest BCUT2D eigenvalue weighted by atomic mass is 16.5. The number of anilines is 2. The summed E-state index contributed by atoms with van der Waals surface area (Å²) in [6.45, 7) is 8.23. The van der Waals surface area contributed by atoms with Gasteiger partial charge in [0.05, 0.1) is 26.5 Å². The molecule has 3 rings (SSSR count). The lowest BCUT2D eigenvalue weighted by Crippen LogP contribution is -2.48. The molecule has 0 aromatic heterocycles. The van der Waals surface area contributed by atoms with Crippen molar-refractivity contribution in [3.8, 4) is 11.5 Å². The van der Waals surface area contributed by atoms with E-state index in [0.717, 1.165) is 26.2 Å². The Kier molecular flexibility index (Phi) is 6.41. The quantitative estimate of drug-likeness (QED) is 0.831. The predicted octanol–water partition coefficient (Wildman–Crippen LogP) is 3.08. The Bertz CT molecular complexity index is 830. The number of rotatable bonds is 6. The molecule has 1 aliphatic rings. The number of methoxy groups -OCH3 is 2. The summed E-state index contributed by atoms with van der Waals surface area (Å²) in [6, 6.07) is 11.8. The number of hydrogen-bond donors (Lipinski definition) is 1. The Hall–Kier alpha value is -2.73. The Morgan fingerprint density at radius 1 is 1.04 bits per heavy atom. The van der Waals surface area contributed by atoms with Crippen LogP contribution in [0.3, 0.4) is 0 Å². The van der Waals surface area contributed by atoms with Crippen LogP contribution >= 0.6 is 0 Å². The van der Waals surface area contributed by atoms with E-state index in [9.17, 15) is 4.79 Å². The number of benzene rings is 2. The molecule has 2 aromatic carbocycles. The molecule has 0 unspecified atom stereocenters. The molecule has 0 saturated carbocycles. The molecule has 6 nitrogen and oxygen atoms in total. The van der Waals surface area contributed by atoms with E-state index in [-0.39, 0.29) is 5.91 Å². The number of aryl methyl sites for hydroxylation is 1. The SMILES string of the molecule is COc1ccc(OC)c(NC(=O)CN2CCN(c3cccc(C)c3C)CC2)c1. The fourth-order valence-corrected chi connectivity index (χ4v) is 3.53. The summed E-state index contributed by atoms with van der Waals surface area (Å²) in [5.74, 6) is 1.25. The first-order valence-electron chi connectivity index (χ1n) is 9.57. The maximum absolute atomic E-state index is 12.5. The lowest BCUT2D eigenvalue weighted by Gasteiger charge is -2.36. The van der Waals surface area contributed by atoms with Gasteiger partial charge in [-0.1, -0.05) is 12.1 Å². The second-order valence-electron chi connectivity index (χ2n) is 7.10. The molecule has 0 bridgehead atoms. The molecule has 1 heterocycles. The summed E-state index contributed by atoms with van der Waals surface area (Å²) in [7, 11) is 3.19. The highest BCUT2D eigenvalue weighted by Gasteiger charge is 2.21. The van der Waals surface area contributed by atoms with Gasteiger partial charge in [0.2, 0.25) is 5.91 Å². The average molecular weight is 383 g/mol. The smallest absolute Gasteiger partial charge is 0.238 e. The van der Waals surface area contributed by atoms with Gasteiger partial charge >= 0.3 is 0 Å². The zero-order valence-corrected chi connectivity index (χ0v) is 17.1. The molecule has 1 aliphatic heterocycles. The number of ether oxygens (including phenoxy) is 2. The summed E-state index contributed by atoms with van der Waals surface area (Å²) in [5, 5.41) is 2.94. The van der Waals surface area contributed by atoms with E-state index in [1.54, 1.807) is 32.4 Å². The first-order chi connectivity index (χ1) is 13.5. The number of amides is 1. The summed E-state index contributed by atoms with van der Waals surface area (Å²) in [5.41, 5.74) is 4.57. The molecule has 28 heavy (non-hydrogen) atoms. The van der Waals surface area contributed by atoms with Gasteiger partial charge in [0.15, 0.2) is 0 Å². The van der Waals surface area contributed by atoms with Crippen molar-refractivity contribution in [2.24, 2.45) is 0 Å². The second kappa shape index (κ2) is 8.97. The van der Waals surface area contributed by atoms with Gasteiger partial charge in [-0.05, 0) is 43.2 Å². The van der Waals surface area contributed by atoms with Crippen LogP contribution < -0.4 is 19.7 Å². The average Bonchev–Trinajstić information content (AvgIpc) is 2.70. The fourth-order valence-electron chi connectivity index (χ4n) is 3.53. The zero-order valence-electron chi connectivity index (χ0n) is 17.1. The number of carbonyl (C=O) groups is 1. The van der Waals surface area contributed by atoms with Crippen LogP contribution in [0.2, 0.25) is 0 Å². The molecule has 1 fully saturated rings. The van der Waals surface area contributed by atoms with Crippen molar-refractivity contribution in [3.05, 3.63) is 47.5 Å². The van der Waals surface area contributed by atoms with Crippen molar-refractivity contribution >= 4 is 17.3 Å². The largest absolute Gasteiger partial charge is 0.497 e. The Morgan fingerprint density at radius 2 is 1.79 bits per heavy atom. The van der Waals surface area contributed by atoms with Crippen LogP contribution in [0, 0.1) is 13.8 Å². The van der Waals surface area contributed by atoms with Crippen LogP contribution in [0.1, 0.15) is 11.1 Å². The van der Waals surface area contributed by atoms with Crippen molar-refractivity contribution < 1.29 is 14.3 Å². The molecule has 6 heteroatoms. The van der Waals surface area contributed by atoms with Gasteiger partial charge in [-0.15, -0.1) is 0 Å². The Labute approximate surface area is 167 Å². The number of carbonyl (C=O) groups excluding carboxylic acids is 1. The van der Waals surface area contributed by atoms with Gasteiger partial charge in [-0.25, -0.2) is 0 Å². The third-order valence-corrected chi connectivity index (χ3v) is 5.34. The maximum atomic E-state index is 12.5. The lowest BCUT2D eigenvalue weighted by atomic mass is 10.1. The molecule has 0 radical (unpaired) electrons. The predicted molar refractivity (Wildman–Crippen MR) is 113 cm³/mol. The summed E-state index contributed by atoms with van der Waals surface area (Å²) < 4.78 is 10.6. The topological polar surface area (TPSA) is 54.0 Å². The third kappa shape index (κ3) is 4.57. The molecule has 1 amide bonds. The molecule has 150 valence electrons. The Balaban J connectivity index is 1.56. The van der Waals surface area contributed by atoms with Gasteiger partial charge in [-0.3, -0.25) is 9.69 Å². The molecule has 0 aliphatic carbocycles. The zero-order chi connectivity index (χ0) is 20.1. The molecular formula is C22H29N3O3. The summed E-state index contributed by atoms with van der Waals surface area (Å²) in [4.78, 5) is 17.1. The van der Waals surface area contributed by atoms with Gasteiger partial charge < -0.3 is 19.7 Å². The number of hydrogen-bond acceptors (Lipinski definition) is 5. The van der Waals surface area contributed by atoms with Gasteiger partial charge in [0, 0.05) is 37.9 Å². The first-order valence-corrected chi connectivity index (χ1v) is 9.57. The normalized spacial score (nSPS) is 14.6. The summed E-state index contributed by atoms with van der Waals surface area (Å²) >= 11 is 0. The van der Waals surface area contributed by atoms with E-state index in [1.165, 1.54) is 16.8 Å². The lowest BCUT2D eigenvalue weighted by molar-refractivity contribution is -0.117. The molecule has 1 N–H and O–H groups in total. The van der Waals surface area contributed by atoms with E-state index in [4.69, 9.17) is 9.47 Å². The molecular weight excluding hydrogens is 354 g/mol. The van der Waals surface area contributed by atoms with E-state index in [1.807, 2.05) is 0 Å². The van der Waals surface area contributed by atoms with Crippen LogP contribution in [-0.4, -0.2) is 57.8 Å². The van der Waals surface area contributed by atoms with Crippen molar-refractivity contribution in [2.75, 3.05) is 57.2 Å². The Morgan fingerprint density at radius 3 is 2.46 bits per heavy atom. The monoisotopic (exact) mass is 383 g/mol. The number of nitrogens with one attached hydrogen (secondary N) is 1. The molecule has 2 aromatic rings. The fraction of sp³-hybridized carbons (Fsp3) is 0.409. The van der Waals surface area contributed by atoms with E-state index in [2.05, 4.69) is 47.2 Å². The van der Waals surface area contributed by atoms with E-state index >= 15 is 0 Å². The van der Waals surface area contributed by atoms with Crippen molar-refractivity contribution in [3.63, 3.8) is 0 Å². The van der Waals surface area contributed by atoms with Gasteiger partial charge in [-0.2, -0.15) is 0 Å². The summed E-state index contributed by atoms with van der Waals surface area (Å²) in [6.07, 6.45) is 0. The van der Waals surface area contributed by atoms with Gasteiger partial charge in [0.25, 0.3) is 0 Å². The second-order valence-corrected chi connectivity index (χ2v) is 7.10. The van der Waals surface area contributed by atoms with Crippen LogP contribution in [0.15, 0.2) is 36.4 Å². The van der Waals surface area contributed by atoms with Crippen LogP contribution in [0.4, 0.5) is 11.4 Å². The van der Waals surface area contributed by atoms with Gasteiger partial charge in [0.1, 0.15) is 11.5 Å². The number of piperazine rings is 1. The number of nitrogens with zero attached hydrogens (tertiary/aromatic N) is 2.